The fourth-order valence-corrected chi connectivity index (χ4v) is 9.07. The summed E-state index contributed by atoms with van der Waals surface area (Å²) in [5, 5.41) is 76.8. The summed E-state index contributed by atoms with van der Waals surface area (Å²) in [6.45, 7) is 6.21. The van der Waals surface area contributed by atoms with Crippen LogP contribution in [0.3, 0.4) is 0 Å². The third kappa shape index (κ3) is 14.7. The number of carbonyl (C=O) groups excluding carboxylic acids is 3. The molecular formula is C52H74Cl2O18. The topological polar surface area (TPSA) is 267 Å². The van der Waals surface area contributed by atoms with Crippen LogP contribution in [0.15, 0.2) is 58.7 Å². The Labute approximate surface area is 441 Å². The van der Waals surface area contributed by atoms with E-state index in [-0.39, 0.29) is 35.4 Å². The number of hydrogen-bond donors (Lipinski definition) is 7. The standard InChI is InChI=1S/C52H74Cl2O18/c1-13-30-22-26(6)33(56)18-16-15-17-31(23-66-51-45(65-12)42(61)44(29(9)67-51)69-49(64)35-32(14-2)36(53)39(58)37(54)38(35)57)48(63)68-34(28(8)55)20-19-25(5)21-27(7)43(30)70-50-41(60)40(59)46(52(10,11)72-50)71-47(62)24(3)4/h15-17,19,21-22,24,28-30,33-34,40-46,50-51,55-61H,13-14,18,20,23H2,1-12H3/b16-15-,25-19-,26-22-,27-21-,31-17-/t28-,29-,30+,33+,34+,40-,41+,42+,43+,44-,45+,46+,50-,51-/m1/s1/i3D3,4D3,24D. The minimum absolute atomic E-state index is 0.00637. The monoisotopic (exact) mass is 1060 g/mol. The number of rotatable bonds is 13. The lowest BCUT2D eigenvalue weighted by Gasteiger charge is -2.47. The van der Waals surface area contributed by atoms with E-state index in [1.807, 2.05) is 6.92 Å². The predicted molar refractivity (Wildman–Crippen MR) is 265 cm³/mol. The van der Waals surface area contributed by atoms with Gasteiger partial charge in [-0.05, 0) is 90.5 Å². The van der Waals surface area contributed by atoms with Crippen molar-refractivity contribution < 1.29 is 97.6 Å². The largest absolute Gasteiger partial charge is 0.505 e. The number of hydrogen-bond acceptors (Lipinski definition) is 18. The number of esters is 3. The summed E-state index contributed by atoms with van der Waals surface area (Å²) in [5.74, 6) is -9.79. The van der Waals surface area contributed by atoms with E-state index in [0.717, 1.165) is 0 Å². The first-order chi connectivity index (χ1) is 36.5. The van der Waals surface area contributed by atoms with Crippen LogP contribution in [0.1, 0.15) is 121 Å². The highest BCUT2D eigenvalue weighted by Gasteiger charge is 2.53. The zero-order valence-electron chi connectivity index (χ0n) is 49.0. The maximum absolute atomic E-state index is 14.0. The van der Waals surface area contributed by atoms with Crippen LogP contribution in [0.4, 0.5) is 0 Å². The van der Waals surface area contributed by atoms with Gasteiger partial charge in [0.05, 0.1) is 47.5 Å². The second kappa shape index (κ2) is 26.5. The number of allylic oxidation sites excluding steroid dienone is 4. The van der Waals surface area contributed by atoms with Crippen molar-refractivity contribution in [2.75, 3.05) is 13.7 Å². The van der Waals surface area contributed by atoms with Gasteiger partial charge in [0.1, 0.15) is 46.7 Å². The highest BCUT2D eigenvalue weighted by molar-refractivity contribution is 6.39. The van der Waals surface area contributed by atoms with Crippen molar-refractivity contribution in [2.24, 2.45) is 11.8 Å². The quantitative estimate of drug-likeness (QED) is 0.0655. The maximum Gasteiger partial charge on any atom is 0.342 e. The second-order valence-corrected chi connectivity index (χ2v) is 19.3. The summed E-state index contributed by atoms with van der Waals surface area (Å²) in [6.07, 6.45) is -8.85. The number of phenols is 2. The van der Waals surface area contributed by atoms with Crippen LogP contribution in [-0.4, -0.2) is 153 Å². The Bertz CT molecular complexity index is 2480. The number of cyclic esters (lactones) is 1. The van der Waals surface area contributed by atoms with Crippen LogP contribution >= 0.6 is 23.2 Å². The van der Waals surface area contributed by atoms with Crippen LogP contribution in [0.5, 0.6) is 11.5 Å². The zero-order valence-corrected chi connectivity index (χ0v) is 43.5. The van der Waals surface area contributed by atoms with Gasteiger partial charge in [0.2, 0.25) is 0 Å². The fraction of sp³-hybridized carbons (Fsp3) is 0.635. The van der Waals surface area contributed by atoms with E-state index in [4.69, 9.17) is 70.7 Å². The smallest absolute Gasteiger partial charge is 0.342 e. The Morgan fingerprint density at radius 1 is 0.958 bits per heavy atom. The molecule has 0 spiro atoms. The Hall–Kier alpha value is -3.89. The third-order valence-corrected chi connectivity index (χ3v) is 13.5. The van der Waals surface area contributed by atoms with Crippen LogP contribution in [0.2, 0.25) is 10.0 Å². The van der Waals surface area contributed by atoms with Crippen molar-refractivity contribution in [1.82, 2.24) is 0 Å². The molecule has 0 bridgehead atoms. The molecule has 7 N–H and O–H groups in total. The molecule has 2 fully saturated rings. The van der Waals surface area contributed by atoms with Gasteiger partial charge in [-0.3, -0.25) is 4.79 Å². The van der Waals surface area contributed by atoms with Crippen molar-refractivity contribution in [3.05, 3.63) is 79.9 Å². The SMILES string of the molecule is [2H]C([2H])([2H])C([2H])(C(=O)O[C@H]1[C@H](O)[C@H](O)[C@H](O[C@H]2/C(C)=C\C(C)=C/C[C@@H]([C@@H](C)O)OC(=O)/C(CO[C@@H]3O[C@H](C)[C@@H](OC(=O)c4c(O)c(Cl)c(O)c(Cl)c4CC)[C@H](O)[C@@H]3OC)=C\C=C/C[C@H](O)/C(C)=C\[C@@H]2CC)OC1(C)C)C([2H])([2H])[2H]. The van der Waals surface area contributed by atoms with Crippen LogP contribution in [-0.2, 0) is 53.9 Å². The number of aromatic hydroxyl groups is 2. The van der Waals surface area contributed by atoms with E-state index < -0.39 is 157 Å². The molecule has 14 atom stereocenters. The van der Waals surface area contributed by atoms with E-state index in [2.05, 4.69) is 0 Å². The first-order valence-electron chi connectivity index (χ1n) is 27.0. The molecule has 20 heteroatoms. The summed E-state index contributed by atoms with van der Waals surface area (Å²) >= 11 is 12.3. The number of phenolic OH excluding ortho intramolecular Hbond substituents is 2. The number of halogens is 2. The fourth-order valence-electron chi connectivity index (χ4n) is 8.51. The van der Waals surface area contributed by atoms with Gasteiger partial charge in [0, 0.05) is 29.0 Å². The Balaban J connectivity index is 1.62. The molecule has 0 aliphatic carbocycles. The lowest BCUT2D eigenvalue weighted by Crippen LogP contribution is -2.64. The number of benzene rings is 1. The van der Waals surface area contributed by atoms with Gasteiger partial charge >= 0.3 is 17.9 Å². The number of carbonyl (C=O) groups is 3. The second-order valence-electron chi connectivity index (χ2n) is 18.6. The highest BCUT2D eigenvalue weighted by atomic mass is 35.5. The molecular weight excluding hydrogens is 983 g/mol. The molecule has 2 saturated heterocycles. The Morgan fingerprint density at radius 2 is 1.64 bits per heavy atom. The van der Waals surface area contributed by atoms with Crippen molar-refractivity contribution in [3.8, 4) is 11.5 Å². The van der Waals surface area contributed by atoms with Crippen molar-refractivity contribution >= 4 is 41.1 Å². The Kier molecular flexibility index (Phi) is 18.5. The Morgan fingerprint density at radius 3 is 2.25 bits per heavy atom. The van der Waals surface area contributed by atoms with E-state index >= 15 is 0 Å². The molecule has 404 valence electrons. The van der Waals surface area contributed by atoms with Crippen molar-refractivity contribution in [2.45, 2.75) is 187 Å². The summed E-state index contributed by atoms with van der Waals surface area (Å²) in [4.78, 5) is 40.8. The van der Waals surface area contributed by atoms with Crippen molar-refractivity contribution in [3.63, 3.8) is 0 Å². The number of aliphatic hydroxyl groups is 5. The summed E-state index contributed by atoms with van der Waals surface area (Å²) in [6, 6.07) is 0. The van der Waals surface area contributed by atoms with Gasteiger partial charge in [-0.1, -0.05) is 86.7 Å². The first kappa shape index (κ1) is 50.3. The zero-order chi connectivity index (χ0) is 60.0. The molecule has 0 saturated carbocycles. The molecule has 1 aromatic rings. The molecule has 18 nitrogen and oxygen atoms in total. The van der Waals surface area contributed by atoms with Crippen LogP contribution in [0.25, 0.3) is 0 Å². The van der Waals surface area contributed by atoms with Gasteiger partial charge < -0.3 is 73.6 Å². The van der Waals surface area contributed by atoms with Crippen molar-refractivity contribution in [1.29, 1.82) is 0 Å². The number of methoxy groups -OCH3 is 1. The molecule has 0 radical (unpaired) electrons. The number of aliphatic hydroxyl groups excluding tert-OH is 5. The summed E-state index contributed by atoms with van der Waals surface area (Å²) in [5.41, 5.74) is -0.683. The minimum atomic E-state index is -3.76. The summed E-state index contributed by atoms with van der Waals surface area (Å²) in [7, 11) is 1.23. The average molecular weight is 1070 g/mol. The lowest BCUT2D eigenvalue weighted by atomic mass is 9.88. The van der Waals surface area contributed by atoms with Crippen LogP contribution in [0, 0.1) is 11.8 Å². The first-order valence-corrected chi connectivity index (χ1v) is 24.2. The van der Waals surface area contributed by atoms with E-state index in [0.29, 0.717) is 23.1 Å². The van der Waals surface area contributed by atoms with Gasteiger partial charge in [0.25, 0.3) is 0 Å². The molecule has 0 aromatic heterocycles. The highest BCUT2D eigenvalue weighted by Crippen LogP contribution is 2.45. The van der Waals surface area contributed by atoms with Gasteiger partial charge in [-0.25, -0.2) is 9.59 Å². The van der Waals surface area contributed by atoms with E-state index in [1.54, 1.807) is 52.0 Å². The molecule has 3 aliphatic heterocycles. The van der Waals surface area contributed by atoms with Gasteiger partial charge in [-0.2, -0.15) is 0 Å². The molecule has 4 rings (SSSR count). The maximum atomic E-state index is 14.0. The molecule has 0 amide bonds. The van der Waals surface area contributed by atoms with E-state index in [9.17, 15) is 50.1 Å². The average Bonchev–Trinajstić information content (AvgIpc) is 3.37. The molecule has 1 aromatic carbocycles. The molecule has 3 aliphatic rings. The van der Waals surface area contributed by atoms with E-state index in [1.165, 1.54) is 47.0 Å². The lowest BCUT2D eigenvalue weighted by molar-refractivity contribution is -0.333. The molecule has 72 heavy (non-hydrogen) atoms. The van der Waals surface area contributed by atoms with Gasteiger partial charge in [0.15, 0.2) is 36.3 Å². The normalized spacial score (nSPS) is 36.8. The summed E-state index contributed by atoms with van der Waals surface area (Å²) < 4.78 is 101. The molecule has 0 unspecified atom stereocenters. The number of ether oxygens (including phenoxy) is 8. The third-order valence-electron chi connectivity index (χ3n) is 12.7. The molecule has 3 heterocycles. The predicted octanol–water partition coefficient (Wildman–Crippen LogP) is 6.23. The van der Waals surface area contributed by atoms with Crippen LogP contribution < -0.4 is 0 Å². The minimum Gasteiger partial charge on any atom is -0.505 e. The van der Waals surface area contributed by atoms with Gasteiger partial charge in [-0.15, -0.1) is 0 Å².